The predicted molar refractivity (Wildman–Crippen MR) is 97.2 cm³/mol. The Morgan fingerprint density at radius 2 is 2.00 bits per heavy atom. The molecule has 1 aromatic heterocycles. The predicted octanol–water partition coefficient (Wildman–Crippen LogP) is 3.95. The van der Waals surface area contributed by atoms with Gasteiger partial charge in [-0.3, -0.25) is 0 Å². The van der Waals surface area contributed by atoms with E-state index in [0.717, 1.165) is 11.1 Å². The molecule has 1 unspecified atom stereocenters. The average molecular weight is 362 g/mol. The minimum atomic E-state index is -0.401. The molecule has 1 atom stereocenters. The number of fused-ring (bicyclic) bond motifs is 1. The molecule has 7 heteroatoms. The van der Waals surface area contributed by atoms with Crippen LogP contribution in [0.15, 0.2) is 61.1 Å². The summed E-state index contributed by atoms with van der Waals surface area (Å²) in [5.74, 6) is 0.500. The Morgan fingerprint density at radius 1 is 1.19 bits per heavy atom. The Morgan fingerprint density at radius 3 is 2.73 bits per heavy atom. The van der Waals surface area contributed by atoms with Gasteiger partial charge in [0.15, 0.2) is 0 Å². The third-order valence-corrected chi connectivity index (χ3v) is 4.39. The van der Waals surface area contributed by atoms with E-state index in [1.165, 1.54) is 11.2 Å². The van der Waals surface area contributed by atoms with Crippen LogP contribution in [0.3, 0.4) is 0 Å². The van der Waals surface area contributed by atoms with Gasteiger partial charge < -0.3 is 5.32 Å². The number of halogens is 1. The number of nitrogens with zero attached hydrogens (tertiary/aromatic N) is 4. The van der Waals surface area contributed by atoms with Gasteiger partial charge in [-0.05, 0) is 35.9 Å². The second-order valence-electron chi connectivity index (χ2n) is 5.73. The lowest BCUT2D eigenvalue weighted by Gasteiger charge is -2.33. The summed E-state index contributed by atoms with van der Waals surface area (Å²) in [4.78, 5) is 22.7. The van der Waals surface area contributed by atoms with Crippen LogP contribution in [0.1, 0.15) is 22.7 Å². The first-order valence-electron chi connectivity index (χ1n) is 7.83. The Kier molecular flexibility index (Phi) is 3.99. The number of nitrogens with one attached hydrogen (secondary N) is 1. The van der Waals surface area contributed by atoms with Crippen molar-refractivity contribution in [2.24, 2.45) is 0 Å². The van der Waals surface area contributed by atoms with Crippen LogP contribution in [-0.2, 0) is 0 Å². The average Bonchev–Trinajstić information content (AvgIpc) is 2.67. The number of urea groups is 1. The summed E-state index contributed by atoms with van der Waals surface area (Å²) >= 11 is 6.07. The van der Waals surface area contributed by atoms with Gasteiger partial charge in [0.05, 0.1) is 23.4 Å². The molecule has 126 valence electrons. The molecule has 2 heterocycles. The third-order valence-electron chi connectivity index (χ3n) is 4.15. The third kappa shape index (κ3) is 2.75. The largest absolute Gasteiger partial charge is 0.328 e. The number of benzene rings is 2. The molecule has 0 bridgehead atoms. The Hall–Kier alpha value is -3.43. The highest BCUT2D eigenvalue weighted by Crippen LogP contribution is 2.37. The molecule has 0 radical (unpaired) electrons. The minimum absolute atomic E-state index is 0.312. The van der Waals surface area contributed by atoms with E-state index < -0.39 is 6.04 Å². The van der Waals surface area contributed by atoms with Gasteiger partial charge in [-0.2, -0.15) is 5.26 Å². The molecule has 3 aromatic rings. The number of nitriles is 1. The molecule has 2 amide bonds. The molecule has 4 rings (SSSR count). The van der Waals surface area contributed by atoms with E-state index in [1.54, 1.807) is 42.6 Å². The Bertz CT molecular complexity index is 1030. The van der Waals surface area contributed by atoms with Gasteiger partial charge in [0.25, 0.3) is 0 Å². The molecule has 2 aromatic carbocycles. The maximum Gasteiger partial charge on any atom is 0.328 e. The zero-order valence-electron chi connectivity index (χ0n) is 13.4. The lowest BCUT2D eigenvalue weighted by Crippen LogP contribution is -2.45. The van der Waals surface area contributed by atoms with Crippen molar-refractivity contribution in [3.63, 3.8) is 0 Å². The fourth-order valence-electron chi connectivity index (χ4n) is 2.95. The molecular formula is C19H12ClN5O. The zero-order valence-corrected chi connectivity index (χ0v) is 14.2. The van der Waals surface area contributed by atoms with Crippen molar-refractivity contribution in [3.05, 3.63) is 82.8 Å². The summed E-state index contributed by atoms with van der Waals surface area (Å²) in [7, 11) is 0. The quantitative estimate of drug-likeness (QED) is 0.749. The van der Waals surface area contributed by atoms with Crippen molar-refractivity contribution in [1.82, 2.24) is 15.3 Å². The van der Waals surface area contributed by atoms with Crippen LogP contribution in [0.25, 0.3) is 0 Å². The van der Waals surface area contributed by atoms with Gasteiger partial charge in [0.2, 0.25) is 0 Å². The molecule has 26 heavy (non-hydrogen) atoms. The molecule has 1 N–H and O–H groups in total. The molecule has 0 fully saturated rings. The molecule has 6 nitrogen and oxygen atoms in total. The number of carbonyl (C=O) groups is 1. The minimum Gasteiger partial charge on any atom is -0.326 e. The number of hydrogen-bond donors (Lipinski definition) is 1. The first kappa shape index (κ1) is 16.1. The van der Waals surface area contributed by atoms with Crippen molar-refractivity contribution in [3.8, 4) is 6.07 Å². The van der Waals surface area contributed by atoms with Crippen molar-refractivity contribution in [2.45, 2.75) is 6.04 Å². The summed E-state index contributed by atoms with van der Waals surface area (Å²) in [6, 6.07) is 15.4. The zero-order chi connectivity index (χ0) is 18.1. The van der Waals surface area contributed by atoms with Crippen LogP contribution in [0.2, 0.25) is 5.02 Å². The van der Waals surface area contributed by atoms with E-state index in [-0.39, 0.29) is 6.03 Å². The maximum absolute atomic E-state index is 12.8. The normalized spacial score (nSPS) is 15.8. The van der Waals surface area contributed by atoms with Gasteiger partial charge in [0.1, 0.15) is 12.1 Å². The van der Waals surface area contributed by atoms with E-state index in [1.807, 2.05) is 12.1 Å². The first-order chi connectivity index (χ1) is 12.7. The number of aromatic nitrogens is 2. The number of hydrogen-bond acceptors (Lipinski definition) is 4. The maximum atomic E-state index is 12.8. The number of anilines is 2. The highest BCUT2D eigenvalue weighted by Gasteiger charge is 2.34. The molecule has 1 aliphatic rings. The summed E-state index contributed by atoms with van der Waals surface area (Å²) in [5, 5.41) is 12.5. The molecular weight excluding hydrogens is 350 g/mol. The molecule has 0 aliphatic carbocycles. The van der Waals surface area contributed by atoms with E-state index in [4.69, 9.17) is 16.9 Å². The second-order valence-corrected chi connectivity index (χ2v) is 6.17. The van der Waals surface area contributed by atoms with Gasteiger partial charge in [-0.15, -0.1) is 0 Å². The highest BCUT2D eigenvalue weighted by atomic mass is 35.5. The Balaban J connectivity index is 1.81. The topological polar surface area (TPSA) is 81.9 Å². The summed E-state index contributed by atoms with van der Waals surface area (Å²) in [6.45, 7) is 0. The van der Waals surface area contributed by atoms with Crippen LogP contribution in [0.5, 0.6) is 0 Å². The Labute approximate surface area is 154 Å². The lowest BCUT2D eigenvalue weighted by molar-refractivity contribution is 0.244. The summed E-state index contributed by atoms with van der Waals surface area (Å²) < 4.78 is 0. The van der Waals surface area contributed by atoms with Gasteiger partial charge in [0, 0.05) is 16.8 Å². The number of amides is 2. The summed E-state index contributed by atoms with van der Waals surface area (Å²) in [6.07, 6.45) is 3.09. The monoisotopic (exact) mass is 361 g/mol. The molecule has 0 saturated carbocycles. The molecule has 0 spiro atoms. The second kappa shape index (κ2) is 6.47. The van der Waals surface area contributed by atoms with E-state index >= 15 is 0 Å². The lowest BCUT2D eigenvalue weighted by atomic mass is 9.97. The van der Waals surface area contributed by atoms with Crippen molar-refractivity contribution < 1.29 is 4.79 Å². The van der Waals surface area contributed by atoms with Crippen molar-refractivity contribution in [2.75, 3.05) is 4.90 Å². The van der Waals surface area contributed by atoms with Crippen LogP contribution in [0, 0.1) is 11.3 Å². The fraction of sp³-hybridized carbons (Fsp3) is 0.0526. The molecule has 0 saturated heterocycles. The van der Waals surface area contributed by atoms with Gasteiger partial charge in [-0.1, -0.05) is 29.8 Å². The van der Waals surface area contributed by atoms with Crippen LogP contribution < -0.4 is 10.2 Å². The van der Waals surface area contributed by atoms with Gasteiger partial charge >= 0.3 is 6.03 Å². The number of carbonyl (C=O) groups excluding carboxylic acids is 1. The van der Waals surface area contributed by atoms with Crippen LogP contribution >= 0.6 is 11.6 Å². The highest BCUT2D eigenvalue weighted by molar-refractivity contribution is 6.31. The van der Waals surface area contributed by atoms with E-state index in [9.17, 15) is 4.79 Å². The van der Waals surface area contributed by atoms with Crippen molar-refractivity contribution in [1.29, 1.82) is 5.26 Å². The first-order valence-corrected chi connectivity index (χ1v) is 8.21. The van der Waals surface area contributed by atoms with Gasteiger partial charge in [-0.25, -0.2) is 19.7 Å². The van der Waals surface area contributed by atoms with Crippen LogP contribution in [-0.4, -0.2) is 16.0 Å². The smallest absolute Gasteiger partial charge is 0.326 e. The van der Waals surface area contributed by atoms with Crippen LogP contribution in [0.4, 0.5) is 16.3 Å². The number of rotatable bonds is 2. The van der Waals surface area contributed by atoms with E-state index in [0.29, 0.717) is 22.1 Å². The summed E-state index contributed by atoms with van der Waals surface area (Å²) in [5.41, 5.74) is 2.78. The fourth-order valence-corrected chi connectivity index (χ4v) is 3.14. The standard InChI is InChI=1S/C19H12ClN5O/c20-14-2-1-3-15(8-14)25-18-16(10-22-11-23-18)17(24-19(25)26)13-6-4-12(9-21)5-7-13/h1-8,10-11,17H,(H,24,26). The van der Waals surface area contributed by atoms with Crippen molar-refractivity contribution >= 4 is 29.1 Å². The SMILES string of the molecule is N#Cc1ccc(C2NC(=O)N(c3cccc(Cl)c3)c3ncncc32)cc1. The van der Waals surface area contributed by atoms with E-state index in [2.05, 4.69) is 21.4 Å². The molecule has 1 aliphatic heterocycles.